The third-order valence-electron chi connectivity index (χ3n) is 3.59. The number of benzene rings is 2. The summed E-state index contributed by atoms with van der Waals surface area (Å²) in [7, 11) is 0. The molecule has 0 radical (unpaired) electrons. The minimum atomic E-state index is -0.281. The van der Waals surface area contributed by atoms with Crippen LogP contribution in [0.1, 0.15) is 24.2 Å². The van der Waals surface area contributed by atoms with Gasteiger partial charge in [-0.15, -0.1) is 0 Å². The Hall–Kier alpha value is -1.84. The average molecular weight is 286 g/mol. The van der Waals surface area contributed by atoms with Crippen molar-refractivity contribution >= 4 is 22.4 Å². The van der Waals surface area contributed by atoms with Crippen LogP contribution in [-0.2, 0) is 6.54 Å². The van der Waals surface area contributed by atoms with Crippen LogP contribution in [0.25, 0.3) is 10.8 Å². The first-order chi connectivity index (χ1) is 9.72. The van der Waals surface area contributed by atoms with E-state index in [1.165, 1.54) is 5.39 Å². The van der Waals surface area contributed by atoms with Crippen molar-refractivity contribution in [2.45, 2.75) is 19.5 Å². The first-order valence-electron chi connectivity index (χ1n) is 6.66. The predicted molar refractivity (Wildman–Crippen MR) is 82.9 cm³/mol. The second kappa shape index (κ2) is 5.27. The van der Waals surface area contributed by atoms with Gasteiger partial charge < -0.3 is 5.73 Å². The Balaban J connectivity index is 2.17. The van der Waals surface area contributed by atoms with E-state index in [1.54, 1.807) is 6.20 Å². The molecule has 102 valence electrons. The fraction of sp³-hybridized carbons (Fsp3) is 0.188. The number of hydrogen-bond donors (Lipinski definition) is 1. The zero-order valence-electron chi connectivity index (χ0n) is 11.3. The van der Waals surface area contributed by atoms with E-state index in [9.17, 15) is 0 Å². The van der Waals surface area contributed by atoms with E-state index in [1.807, 2.05) is 29.8 Å². The highest BCUT2D eigenvalue weighted by Gasteiger charge is 2.19. The normalized spacial score (nSPS) is 12.8. The molecule has 1 atom stereocenters. The number of hydrogen-bond acceptors (Lipinski definition) is 2. The Morgan fingerprint density at radius 3 is 2.75 bits per heavy atom. The molecule has 1 aromatic heterocycles. The van der Waals surface area contributed by atoms with Crippen molar-refractivity contribution in [3.8, 4) is 0 Å². The Kier molecular flexibility index (Phi) is 3.47. The first-order valence-corrected chi connectivity index (χ1v) is 7.04. The lowest BCUT2D eigenvalue weighted by atomic mass is 9.97. The first kappa shape index (κ1) is 13.2. The Morgan fingerprint density at radius 1 is 1.20 bits per heavy atom. The van der Waals surface area contributed by atoms with Crippen LogP contribution in [0.4, 0.5) is 0 Å². The molecule has 0 fully saturated rings. The van der Waals surface area contributed by atoms with Crippen LogP contribution in [0.3, 0.4) is 0 Å². The summed E-state index contributed by atoms with van der Waals surface area (Å²) >= 11 is 6.26. The van der Waals surface area contributed by atoms with E-state index in [2.05, 4.69) is 29.4 Å². The highest BCUT2D eigenvalue weighted by atomic mass is 35.5. The number of aryl methyl sites for hydroxylation is 1. The zero-order chi connectivity index (χ0) is 14.1. The molecule has 1 unspecified atom stereocenters. The monoisotopic (exact) mass is 285 g/mol. The summed E-state index contributed by atoms with van der Waals surface area (Å²) in [5.41, 5.74) is 8.39. The SMILES string of the molecule is CCn1ncc(Cl)c1C(N)c1cccc2ccccc12. The number of fused-ring (bicyclic) bond motifs is 1. The minimum absolute atomic E-state index is 0.281. The molecule has 0 bridgehead atoms. The highest BCUT2D eigenvalue weighted by Crippen LogP contribution is 2.30. The standard InChI is InChI=1S/C16H16ClN3/c1-2-20-16(14(17)10-19-20)15(18)13-9-5-7-11-6-3-4-8-12(11)13/h3-10,15H,2,18H2,1H3. The molecular formula is C16H16ClN3. The molecule has 2 N–H and O–H groups in total. The third kappa shape index (κ3) is 2.09. The van der Waals surface area contributed by atoms with E-state index in [0.717, 1.165) is 23.2 Å². The molecule has 3 aromatic rings. The number of halogens is 1. The van der Waals surface area contributed by atoms with Crippen LogP contribution < -0.4 is 5.73 Å². The van der Waals surface area contributed by atoms with Gasteiger partial charge >= 0.3 is 0 Å². The molecule has 0 spiro atoms. The number of rotatable bonds is 3. The molecule has 1 heterocycles. The van der Waals surface area contributed by atoms with Gasteiger partial charge in [0.25, 0.3) is 0 Å². The van der Waals surface area contributed by atoms with Crippen molar-refractivity contribution < 1.29 is 0 Å². The molecule has 0 aliphatic rings. The largest absolute Gasteiger partial charge is 0.319 e. The Bertz CT molecular complexity index is 743. The summed E-state index contributed by atoms with van der Waals surface area (Å²) in [5, 5.41) is 7.22. The maximum Gasteiger partial charge on any atom is 0.0837 e. The third-order valence-corrected chi connectivity index (χ3v) is 3.88. The Labute approximate surface area is 123 Å². The van der Waals surface area contributed by atoms with Gasteiger partial charge in [-0.05, 0) is 23.3 Å². The predicted octanol–water partition coefficient (Wildman–Crippen LogP) is 3.76. The van der Waals surface area contributed by atoms with Crippen molar-refractivity contribution in [3.05, 3.63) is 64.9 Å². The fourth-order valence-electron chi connectivity index (χ4n) is 2.60. The van der Waals surface area contributed by atoms with Crippen LogP contribution in [0, 0.1) is 0 Å². The summed E-state index contributed by atoms with van der Waals surface area (Å²) in [6.07, 6.45) is 1.66. The summed E-state index contributed by atoms with van der Waals surface area (Å²) in [6, 6.07) is 14.1. The van der Waals surface area contributed by atoms with Crippen LogP contribution in [0.2, 0.25) is 5.02 Å². The number of nitrogens with zero attached hydrogens (tertiary/aromatic N) is 2. The van der Waals surface area contributed by atoms with E-state index in [4.69, 9.17) is 17.3 Å². The van der Waals surface area contributed by atoms with Crippen LogP contribution in [0.5, 0.6) is 0 Å². The van der Waals surface area contributed by atoms with Crippen LogP contribution in [-0.4, -0.2) is 9.78 Å². The van der Waals surface area contributed by atoms with Crippen LogP contribution >= 0.6 is 11.6 Å². The molecule has 0 aliphatic heterocycles. The molecule has 3 nitrogen and oxygen atoms in total. The lowest BCUT2D eigenvalue weighted by molar-refractivity contribution is 0.602. The maximum atomic E-state index is 6.46. The number of aromatic nitrogens is 2. The van der Waals surface area contributed by atoms with Crippen LogP contribution in [0.15, 0.2) is 48.7 Å². The zero-order valence-corrected chi connectivity index (χ0v) is 12.0. The van der Waals surface area contributed by atoms with Gasteiger partial charge in [-0.1, -0.05) is 54.1 Å². The van der Waals surface area contributed by atoms with Gasteiger partial charge in [0.05, 0.1) is 23.0 Å². The molecule has 0 amide bonds. The van der Waals surface area contributed by atoms with E-state index in [0.29, 0.717) is 5.02 Å². The second-order valence-electron chi connectivity index (χ2n) is 4.74. The quantitative estimate of drug-likeness (QED) is 0.796. The molecule has 0 aliphatic carbocycles. The molecule has 3 rings (SSSR count). The second-order valence-corrected chi connectivity index (χ2v) is 5.15. The number of nitrogens with two attached hydrogens (primary N) is 1. The summed E-state index contributed by atoms with van der Waals surface area (Å²) in [6.45, 7) is 2.78. The summed E-state index contributed by atoms with van der Waals surface area (Å²) in [5.74, 6) is 0. The summed E-state index contributed by atoms with van der Waals surface area (Å²) in [4.78, 5) is 0. The Morgan fingerprint density at radius 2 is 1.95 bits per heavy atom. The summed E-state index contributed by atoms with van der Waals surface area (Å²) < 4.78 is 1.86. The molecule has 2 aromatic carbocycles. The van der Waals surface area contributed by atoms with Crippen molar-refractivity contribution in [2.24, 2.45) is 5.73 Å². The van der Waals surface area contributed by atoms with Gasteiger partial charge in [-0.3, -0.25) is 4.68 Å². The van der Waals surface area contributed by atoms with Gasteiger partial charge in [0.1, 0.15) is 0 Å². The fourth-order valence-corrected chi connectivity index (χ4v) is 2.86. The van der Waals surface area contributed by atoms with Gasteiger partial charge in [-0.25, -0.2) is 0 Å². The minimum Gasteiger partial charge on any atom is -0.319 e. The van der Waals surface area contributed by atoms with Gasteiger partial charge in [0.2, 0.25) is 0 Å². The van der Waals surface area contributed by atoms with Crippen molar-refractivity contribution in [1.82, 2.24) is 9.78 Å². The van der Waals surface area contributed by atoms with Gasteiger partial charge in [0.15, 0.2) is 0 Å². The van der Waals surface area contributed by atoms with E-state index < -0.39 is 0 Å². The van der Waals surface area contributed by atoms with Gasteiger partial charge in [0, 0.05) is 6.54 Å². The lowest BCUT2D eigenvalue weighted by Gasteiger charge is -2.16. The van der Waals surface area contributed by atoms with Crippen molar-refractivity contribution in [1.29, 1.82) is 0 Å². The lowest BCUT2D eigenvalue weighted by Crippen LogP contribution is -2.18. The van der Waals surface area contributed by atoms with E-state index in [-0.39, 0.29) is 6.04 Å². The molecule has 0 saturated carbocycles. The highest BCUT2D eigenvalue weighted by molar-refractivity contribution is 6.31. The molecule has 0 saturated heterocycles. The average Bonchev–Trinajstić information content (AvgIpc) is 2.87. The molecule has 4 heteroatoms. The smallest absolute Gasteiger partial charge is 0.0837 e. The van der Waals surface area contributed by atoms with Gasteiger partial charge in [-0.2, -0.15) is 5.10 Å². The van der Waals surface area contributed by atoms with E-state index >= 15 is 0 Å². The molecular weight excluding hydrogens is 270 g/mol. The molecule has 20 heavy (non-hydrogen) atoms. The maximum absolute atomic E-state index is 6.46. The van der Waals surface area contributed by atoms with Crippen molar-refractivity contribution in [2.75, 3.05) is 0 Å². The van der Waals surface area contributed by atoms with Crippen molar-refractivity contribution in [3.63, 3.8) is 0 Å². The topological polar surface area (TPSA) is 43.8 Å².